The molecule has 0 bridgehead atoms. The Morgan fingerprint density at radius 3 is 2.36 bits per heavy atom. The van der Waals surface area contributed by atoms with Gasteiger partial charge in [0, 0.05) is 38.1 Å². The molecular weight excluding hydrogens is 485 g/mol. The Morgan fingerprint density at radius 1 is 1.11 bits per heavy atom. The molecule has 0 aliphatic carbocycles. The van der Waals surface area contributed by atoms with Crippen LogP contribution in [0.2, 0.25) is 0 Å². The first-order valence-corrected chi connectivity index (χ1v) is 10.2. The van der Waals surface area contributed by atoms with Crippen LogP contribution in [0.3, 0.4) is 0 Å². The molecule has 8 heteroatoms. The van der Waals surface area contributed by atoms with E-state index >= 15 is 0 Å². The van der Waals surface area contributed by atoms with Crippen molar-refractivity contribution in [2.75, 3.05) is 33.4 Å². The van der Waals surface area contributed by atoms with Crippen molar-refractivity contribution < 1.29 is 4.74 Å². The van der Waals surface area contributed by atoms with Gasteiger partial charge in [-0.3, -0.25) is 9.89 Å². The quantitative estimate of drug-likeness (QED) is 0.352. The van der Waals surface area contributed by atoms with Gasteiger partial charge >= 0.3 is 0 Å². The fourth-order valence-electron chi connectivity index (χ4n) is 3.09. The molecule has 2 N–H and O–H groups in total. The summed E-state index contributed by atoms with van der Waals surface area (Å²) in [5.74, 6) is 0.804. The SMILES string of the molecule is CN=C(NCc1ccc(CN2CCOCC2)cc1)NCc1sc(C)nc1C.I. The van der Waals surface area contributed by atoms with E-state index in [1.165, 1.54) is 16.0 Å². The van der Waals surface area contributed by atoms with E-state index in [0.29, 0.717) is 0 Å². The smallest absolute Gasteiger partial charge is 0.191 e. The second kappa shape index (κ2) is 11.7. The topological polar surface area (TPSA) is 61.8 Å². The third-order valence-electron chi connectivity index (χ3n) is 4.63. The minimum atomic E-state index is 0. The number of aryl methyl sites for hydroxylation is 2. The van der Waals surface area contributed by atoms with Crippen LogP contribution in [-0.4, -0.2) is 49.2 Å². The monoisotopic (exact) mass is 515 g/mol. The van der Waals surface area contributed by atoms with E-state index in [9.17, 15) is 0 Å². The maximum absolute atomic E-state index is 5.41. The molecule has 0 atom stereocenters. The molecule has 1 aromatic heterocycles. The number of halogens is 1. The van der Waals surface area contributed by atoms with Gasteiger partial charge < -0.3 is 15.4 Å². The van der Waals surface area contributed by atoms with Crippen LogP contribution >= 0.6 is 35.3 Å². The standard InChI is InChI=1S/C20H29N5OS.HI/c1-15-19(27-16(2)24-15)13-23-20(21-3)22-12-17-4-6-18(7-5-17)14-25-8-10-26-11-9-25;/h4-7H,8-14H2,1-3H3,(H2,21,22,23);1H. The number of nitrogens with zero attached hydrogens (tertiary/aromatic N) is 3. The normalized spacial score (nSPS) is 15.2. The number of aliphatic imine (C=N–C) groups is 1. The predicted molar refractivity (Wildman–Crippen MR) is 127 cm³/mol. The lowest BCUT2D eigenvalue weighted by Crippen LogP contribution is -2.36. The van der Waals surface area contributed by atoms with E-state index in [1.54, 1.807) is 18.4 Å². The third kappa shape index (κ3) is 6.98. The van der Waals surface area contributed by atoms with Crippen molar-refractivity contribution in [3.05, 3.63) is 51.0 Å². The Balaban J connectivity index is 0.00000280. The average Bonchev–Trinajstić information content (AvgIpc) is 3.01. The Labute approximate surface area is 188 Å². The van der Waals surface area contributed by atoms with E-state index in [2.05, 4.69) is 56.7 Å². The summed E-state index contributed by atoms with van der Waals surface area (Å²) in [6.07, 6.45) is 0. The summed E-state index contributed by atoms with van der Waals surface area (Å²) >= 11 is 1.73. The fraction of sp³-hybridized carbons (Fsp3) is 0.500. The molecule has 1 saturated heterocycles. The molecule has 0 radical (unpaired) electrons. The van der Waals surface area contributed by atoms with Gasteiger partial charge in [0.25, 0.3) is 0 Å². The Morgan fingerprint density at radius 2 is 1.75 bits per heavy atom. The number of hydrogen-bond donors (Lipinski definition) is 2. The van der Waals surface area contributed by atoms with Crippen molar-refractivity contribution in [2.45, 2.75) is 33.5 Å². The summed E-state index contributed by atoms with van der Waals surface area (Å²) in [6, 6.07) is 8.80. The van der Waals surface area contributed by atoms with E-state index in [1.807, 2.05) is 6.92 Å². The zero-order valence-corrected chi connectivity index (χ0v) is 20.0. The van der Waals surface area contributed by atoms with Crippen LogP contribution in [0.15, 0.2) is 29.3 Å². The lowest BCUT2D eigenvalue weighted by molar-refractivity contribution is 0.0342. The molecule has 154 valence electrons. The number of hydrogen-bond acceptors (Lipinski definition) is 5. The average molecular weight is 515 g/mol. The zero-order valence-electron chi connectivity index (χ0n) is 16.8. The molecule has 6 nitrogen and oxygen atoms in total. The molecular formula is C20H30IN5OS. The number of nitrogens with one attached hydrogen (secondary N) is 2. The fourth-order valence-corrected chi connectivity index (χ4v) is 3.96. The van der Waals surface area contributed by atoms with Crippen LogP contribution in [0, 0.1) is 13.8 Å². The second-order valence-corrected chi connectivity index (χ2v) is 8.01. The zero-order chi connectivity index (χ0) is 19.1. The molecule has 3 rings (SSSR count). The molecule has 0 saturated carbocycles. The van der Waals surface area contributed by atoms with E-state index in [4.69, 9.17) is 4.74 Å². The molecule has 1 fully saturated rings. The lowest BCUT2D eigenvalue weighted by Gasteiger charge is -2.26. The summed E-state index contributed by atoms with van der Waals surface area (Å²) < 4.78 is 5.41. The van der Waals surface area contributed by atoms with Gasteiger partial charge in [-0.25, -0.2) is 4.98 Å². The van der Waals surface area contributed by atoms with E-state index in [0.717, 1.165) is 62.6 Å². The van der Waals surface area contributed by atoms with Gasteiger partial charge in [0.1, 0.15) is 0 Å². The number of benzene rings is 1. The van der Waals surface area contributed by atoms with E-state index < -0.39 is 0 Å². The lowest BCUT2D eigenvalue weighted by atomic mass is 10.1. The van der Waals surface area contributed by atoms with Crippen molar-refractivity contribution in [3.8, 4) is 0 Å². The highest BCUT2D eigenvalue weighted by molar-refractivity contribution is 14.0. The highest BCUT2D eigenvalue weighted by atomic mass is 127. The first-order chi connectivity index (χ1) is 13.1. The van der Waals surface area contributed by atoms with Crippen molar-refractivity contribution in [1.29, 1.82) is 0 Å². The Bertz CT molecular complexity index is 756. The molecule has 28 heavy (non-hydrogen) atoms. The first kappa shape index (κ1) is 23.1. The molecule has 1 aromatic carbocycles. The number of ether oxygens (including phenoxy) is 1. The number of rotatable bonds is 6. The number of thiazole rings is 1. The Kier molecular flexibility index (Phi) is 9.63. The van der Waals surface area contributed by atoms with Gasteiger partial charge in [-0.15, -0.1) is 35.3 Å². The minimum absolute atomic E-state index is 0. The molecule has 2 aromatic rings. The molecule has 2 heterocycles. The minimum Gasteiger partial charge on any atom is -0.379 e. The number of morpholine rings is 1. The van der Waals surface area contributed by atoms with Gasteiger partial charge in [0.05, 0.1) is 30.5 Å². The van der Waals surface area contributed by atoms with Crippen molar-refractivity contribution in [1.82, 2.24) is 20.5 Å². The number of aromatic nitrogens is 1. The van der Waals surface area contributed by atoms with Gasteiger partial charge in [-0.1, -0.05) is 24.3 Å². The number of guanidine groups is 1. The van der Waals surface area contributed by atoms with Gasteiger partial charge in [0.2, 0.25) is 0 Å². The maximum atomic E-state index is 5.41. The summed E-state index contributed by atoms with van der Waals surface area (Å²) in [7, 11) is 1.80. The van der Waals surface area contributed by atoms with Crippen LogP contribution in [0.25, 0.3) is 0 Å². The molecule has 0 unspecified atom stereocenters. The van der Waals surface area contributed by atoms with E-state index in [-0.39, 0.29) is 24.0 Å². The van der Waals surface area contributed by atoms with Crippen LogP contribution in [0.5, 0.6) is 0 Å². The van der Waals surface area contributed by atoms with Gasteiger partial charge in [-0.2, -0.15) is 0 Å². The Hall–Kier alpha value is -1.23. The molecule has 1 aliphatic rings. The summed E-state index contributed by atoms with van der Waals surface area (Å²) in [5.41, 5.74) is 3.68. The van der Waals surface area contributed by atoms with Crippen molar-refractivity contribution in [2.24, 2.45) is 4.99 Å². The van der Waals surface area contributed by atoms with Crippen molar-refractivity contribution >= 4 is 41.3 Å². The summed E-state index contributed by atoms with van der Waals surface area (Å²) in [5, 5.41) is 7.85. The van der Waals surface area contributed by atoms with Gasteiger partial charge in [-0.05, 0) is 25.0 Å². The van der Waals surface area contributed by atoms with Gasteiger partial charge in [0.15, 0.2) is 5.96 Å². The third-order valence-corrected chi connectivity index (χ3v) is 5.71. The van der Waals surface area contributed by atoms with Crippen LogP contribution in [-0.2, 0) is 24.4 Å². The molecule has 1 aliphatic heterocycles. The highest BCUT2D eigenvalue weighted by Crippen LogP contribution is 2.16. The predicted octanol–water partition coefficient (Wildman–Crippen LogP) is 3.08. The van der Waals surface area contributed by atoms with Crippen LogP contribution in [0.4, 0.5) is 0 Å². The molecule has 0 amide bonds. The summed E-state index contributed by atoms with van der Waals surface area (Å²) in [6.45, 7) is 10.3. The first-order valence-electron chi connectivity index (χ1n) is 9.39. The molecule has 0 spiro atoms. The van der Waals surface area contributed by atoms with Crippen LogP contribution in [0.1, 0.15) is 26.7 Å². The van der Waals surface area contributed by atoms with Crippen LogP contribution < -0.4 is 10.6 Å². The summed E-state index contributed by atoms with van der Waals surface area (Å²) in [4.78, 5) is 12.5. The largest absolute Gasteiger partial charge is 0.379 e. The highest BCUT2D eigenvalue weighted by Gasteiger charge is 2.10. The second-order valence-electron chi connectivity index (χ2n) is 6.73. The maximum Gasteiger partial charge on any atom is 0.191 e. The van der Waals surface area contributed by atoms with Crippen molar-refractivity contribution in [3.63, 3.8) is 0 Å².